The van der Waals surface area contributed by atoms with E-state index in [9.17, 15) is 4.21 Å². The molecule has 4 unspecified atom stereocenters. The van der Waals surface area contributed by atoms with E-state index in [1.165, 1.54) is 0 Å². The molecule has 4 atom stereocenters. The van der Waals surface area contributed by atoms with E-state index in [1.807, 2.05) is 13.8 Å². The molecule has 0 aliphatic carbocycles. The zero-order valence-electron chi connectivity index (χ0n) is 8.36. The second kappa shape index (κ2) is 5.08. The average Bonchev–Trinajstić information content (AvgIpc) is 2.55. The monoisotopic (exact) mass is 205 g/mol. The Morgan fingerprint density at radius 1 is 1.62 bits per heavy atom. The molecule has 0 aromatic carbocycles. The van der Waals surface area contributed by atoms with Crippen LogP contribution >= 0.6 is 0 Å². The fourth-order valence-corrected chi connectivity index (χ4v) is 2.76. The largest absolute Gasteiger partial charge is 0.377 e. The smallest absolute Gasteiger partial charge is 0.0691 e. The van der Waals surface area contributed by atoms with Crippen LogP contribution in [0.15, 0.2) is 0 Å². The van der Waals surface area contributed by atoms with Gasteiger partial charge in [-0.1, -0.05) is 0 Å². The minimum Gasteiger partial charge on any atom is -0.377 e. The molecule has 1 fully saturated rings. The Bertz CT molecular complexity index is 178. The van der Waals surface area contributed by atoms with Gasteiger partial charge < -0.3 is 10.5 Å². The van der Waals surface area contributed by atoms with Crippen LogP contribution in [0.5, 0.6) is 0 Å². The van der Waals surface area contributed by atoms with E-state index in [0.29, 0.717) is 5.75 Å². The van der Waals surface area contributed by atoms with Gasteiger partial charge in [-0.05, 0) is 26.7 Å². The molecule has 0 bridgehead atoms. The lowest BCUT2D eigenvalue weighted by Crippen LogP contribution is -2.35. The molecule has 3 nitrogen and oxygen atoms in total. The predicted octanol–water partition coefficient (Wildman–Crippen LogP) is 0.650. The van der Waals surface area contributed by atoms with Crippen LogP contribution in [0.4, 0.5) is 0 Å². The van der Waals surface area contributed by atoms with E-state index < -0.39 is 10.8 Å². The summed E-state index contributed by atoms with van der Waals surface area (Å²) in [6, 6.07) is 0.00207. The molecule has 0 spiro atoms. The van der Waals surface area contributed by atoms with Gasteiger partial charge in [0.1, 0.15) is 0 Å². The average molecular weight is 205 g/mol. The maximum absolute atomic E-state index is 11.7. The van der Waals surface area contributed by atoms with Crippen molar-refractivity contribution in [1.29, 1.82) is 0 Å². The van der Waals surface area contributed by atoms with Crippen molar-refractivity contribution in [3.05, 3.63) is 0 Å². The van der Waals surface area contributed by atoms with Crippen LogP contribution in [0.25, 0.3) is 0 Å². The van der Waals surface area contributed by atoms with Crippen LogP contribution in [0, 0.1) is 0 Å². The second-order valence-electron chi connectivity index (χ2n) is 3.75. The molecular weight excluding hydrogens is 186 g/mol. The zero-order chi connectivity index (χ0) is 9.84. The maximum Gasteiger partial charge on any atom is 0.0691 e. The van der Waals surface area contributed by atoms with E-state index in [0.717, 1.165) is 19.4 Å². The first-order chi connectivity index (χ1) is 6.11. The van der Waals surface area contributed by atoms with E-state index in [1.54, 1.807) is 0 Å². The number of nitrogens with two attached hydrogens (primary N) is 1. The van der Waals surface area contributed by atoms with E-state index >= 15 is 0 Å². The van der Waals surface area contributed by atoms with Crippen molar-refractivity contribution in [2.75, 3.05) is 12.4 Å². The molecule has 0 aromatic heterocycles. The van der Waals surface area contributed by atoms with E-state index in [4.69, 9.17) is 10.5 Å². The van der Waals surface area contributed by atoms with Gasteiger partial charge in [0.25, 0.3) is 0 Å². The molecule has 1 rings (SSSR count). The summed E-state index contributed by atoms with van der Waals surface area (Å²) < 4.78 is 17.1. The summed E-state index contributed by atoms with van der Waals surface area (Å²) in [6.45, 7) is 4.67. The Kier molecular flexibility index (Phi) is 4.35. The van der Waals surface area contributed by atoms with Crippen molar-refractivity contribution in [3.63, 3.8) is 0 Å². The SMILES string of the molecule is CC(N)C(C)S(=O)CC1CCCO1. The van der Waals surface area contributed by atoms with Crippen molar-refractivity contribution < 1.29 is 8.95 Å². The summed E-state index contributed by atoms with van der Waals surface area (Å²) in [4.78, 5) is 0. The summed E-state index contributed by atoms with van der Waals surface area (Å²) in [5.74, 6) is 0.655. The lowest BCUT2D eigenvalue weighted by atomic mass is 10.3. The van der Waals surface area contributed by atoms with Crippen LogP contribution in [0.2, 0.25) is 0 Å². The topological polar surface area (TPSA) is 52.3 Å². The van der Waals surface area contributed by atoms with Gasteiger partial charge in [0.05, 0.1) is 11.9 Å². The fourth-order valence-electron chi connectivity index (χ4n) is 1.35. The highest BCUT2D eigenvalue weighted by Crippen LogP contribution is 2.14. The van der Waals surface area contributed by atoms with Gasteiger partial charge in [-0.15, -0.1) is 0 Å². The van der Waals surface area contributed by atoms with Crippen molar-refractivity contribution >= 4 is 10.8 Å². The molecule has 78 valence electrons. The lowest BCUT2D eigenvalue weighted by molar-refractivity contribution is 0.128. The van der Waals surface area contributed by atoms with Crippen molar-refractivity contribution in [2.24, 2.45) is 5.73 Å². The number of ether oxygens (including phenoxy) is 1. The molecule has 0 amide bonds. The molecule has 1 aliphatic heterocycles. The first-order valence-corrected chi connectivity index (χ1v) is 6.24. The first kappa shape index (κ1) is 11.1. The lowest BCUT2D eigenvalue weighted by Gasteiger charge is -2.17. The van der Waals surface area contributed by atoms with Crippen molar-refractivity contribution in [1.82, 2.24) is 0 Å². The quantitative estimate of drug-likeness (QED) is 0.733. The summed E-state index contributed by atoms with van der Waals surface area (Å²) in [5.41, 5.74) is 5.68. The third-order valence-electron chi connectivity index (χ3n) is 2.53. The Labute approximate surface area is 82.5 Å². The molecule has 1 heterocycles. The van der Waals surface area contributed by atoms with Gasteiger partial charge in [-0.3, -0.25) is 4.21 Å². The van der Waals surface area contributed by atoms with E-state index in [-0.39, 0.29) is 17.4 Å². The van der Waals surface area contributed by atoms with E-state index in [2.05, 4.69) is 0 Å². The van der Waals surface area contributed by atoms with Crippen molar-refractivity contribution in [2.45, 2.75) is 44.1 Å². The molecule has 0 saturated carbocycles. The van der Waals surface area contributed by atoms with Crippen molar-refractivity contribution in [3.8, 4) is 0 Å². The Morgan fingerprint density at radius 2 is 2.31 bits per heavy atom. The third kappa shape index (κ3) is 3.37. The fraction of sp³-hybridized carbons (Fsp3) is 1.00. The molecular formula is C9H19NO2S. The van der Waals surface area contributed by atoms with Gasteiger partial charge in [0, 0.05) is 28.7 Å². The van der Waals surface area contributed by atoms with Crippen LogP contribution in [-0.2, 0) is 15.5 Å². The van der Waals surface area contributed by atoms with Crippen LogP contribution < -0.4 is 5.73 Å². The second-order valence-corrected chi connectivity index (χ2v) is 5.59. The minimum absolute atomic E-state index is 0.00207. The molecule has 0 aromatic rings. The Hall–Kier alpha value is 0.0700. The number of rotatable bonds is 4. The standard InChI is InChI=1S/C9H19NO2S/c1-7(10)8(2)13(11)6-9-4-3-5-12-9/h7-9H,3-6,10H2,1-2H3. The first-order valence-electron chi connectivity index (χ1n) is 4.85. The van der Waals surface area contributed by atoms with Gasteiger partial charge in [0.15, 0.2) is 0 Å². The summed E-state index contributed by atoms with van der Waals surface area (Å²) in [7, 11) is -0.835. The third-order valence-corrected chi connectivity index (χ3v) is 4.49. The van der Waals surface area contributed by atoms with Crippen LogP contribution in [-0.4, -0.2) is 34.0 Å². The van der Waals surface area contributed by atoms with Gasteiger partial charge >= 0.3 is 0 Å². The molecule has 13 heavy (non-hydrogen) atoms. The minimum atomic E-state index is -0.835. The highest BCUT2D eigenvalue weighted by atomic mass is 32.2. The normalized spacial score (nSPS) is 29.9. The molecule has 1 saturated heterocycles. The molecule has 4 heteroatoms. The maximum atomic E-state index is 11.7. The predicted molar refractivity (Wildman–Crippen MR) is 55.1 cm³/mol. The van der Waals surface area contributed by atoms with Gasteiger partial charge in [0.2, 0.25) is 0 Å². The van der Waals surface area contributed by atoms with Crippen LogP contribution in [0.1, 0.15) is 26.7 Å². The van der Waals surface area contributed by atoms with Crippen LogP contribution in [0.3, 0.4) is 0 Å². The molecule has 2 N–H and O–H groups in total. The van der Waals surface area contributed by atoms with Gasteiger partial charge in [-0.25, -0.2) is 0 Å². The number of hydrogen-bond acceptors (Lipinski definition) is 3. The Morgan fingerprint density at radius 3 is 2.77 bits per heavy atom. The summed E-state index contributed by atoms with van der Waals surface area (Å²) in [6.07, 6.45) is 2.37. The van der Waals surface area contributed by atoms with Gasteiger partial charge in [-0.2, -0.15) is 0 Å². The summed E-state index contributed by atoms with van der Waals surface area (Å²) >= 11 is 0. The molecule has 0 radical (unpaired) electrons. The highest BCUT2D eigenvalue weighted by molar-refractivity contribution is 7.85. The highest BCUT2D eigenvalue weighted by Gasteiger charge is 2.22. The molecule has 1 aliphatic rings. The zero-order valence-corrected chi connectivity index (χ0v) is 9.18. The Balaban J connectivity index is 2.31. The number of hydrogen-bond donors (Lipinski definition) is 1. The summed E-state index contributed by atoms with van der Waals surface area (Å²) in [5, 5.41) is 0.0733.